The summed E-state index contributed by atoms with van der Waals surface area (Å²) in [4.78, 5) is 29.1. The lowest BCUT2D eigenvalue weighted by Gasteiger charge is -2.24. The van der Waals surface area contributed by atoms with Crippen molar-refractivity contribution < 1.29 is 14.7 Å². The number of fused-ring (bicyclic) bond motifs is 1. The minimum absolute atomic E-state index is 0.0951. The standard InChI is InChI=1S/C13H18N4O3/c18-11(4-5-16-8-14-7-15-16)17-6-9-2-1-3-10(9)12(17)13(19)20/h7-10,12H,1-6H2,(H,19,20). The summed E-state index contributed by atoms with van der Waals surface area (Å²) in [6, 6.07) is -0.634. The molecular weight excluding hydrogens is 260 g/mol. The van der Waals surface area contributed by atoms with Gasteiger partial charge in [0.1, 0.15) is 18.7 Å². The molecule has 7 nitrogen and oxygen atoms in total. The Hall–Kier alpha value is -1.92. The van der Waals surface area contributed by atoms with Crippen LogP contribution in [0.3, 0.4) is 0 Å². The third-order valence-electron chi connectivity index (χ3n) is 4.49. The minimum atomic E-state index is -0.867. The fourth-order valence-electron chi connectivity index (χ4n) is 3.58. The second kappa shape index (κ2) is 5.22. The van der Waals surface area contributed by atoms with E-state index in [1.54, 1.807) is 15.9 Å². The van der Waals surface area contributed by atoms with Crippen LogP contribution >= 0.6 is 0 Å². The van der Waals surface area contributed by atoms with Crippen molar-refractivity contribution in [2.75, 3.05) is 6.54 Å². The molecule has 1 amide bonds. The van der Waals surface area contributed by atoms with Gasteiger partial charge < -0.3 is 10.0 Å². The molecule has 20 heavy (non-hydrogen) atoms. The van der Waals surface area contributed by atoms with E-state index in [0.717, 1.165) is 19.3 Å². The number of aryl methyl sites for hydroxylation is 1. The molecule has 1 aromatic rings. The Labute approximate surface area is 116 Å². The first kappa shape index (κ1) is 13.1. The van der Waals surface area contributed by atoms with Gasteiger partial charge in [-0.1, -0.05) is 6.42 Å². The molecule has 2 heterocycles. The molecule has 7 heteroatoms. The van der Waals surface area contributed by atoms with Crippen LogP contribution in [-0.4, -0.2) is 49.2 Å². The Kier molecular flexibility index (Phi) is 3.42. The van der Waals surface area contributed by atoms with Crippen molar-refractivity contribution in [2.24, 2.45) is 11.8 Å². The first-order chi connectivity index (χ1) is 9.66. The van der Waals surface area contributed by atoms with Crippen molar-refractivity contribution in [3.8, 4) is 0 Å². The van der Waals surface area contributed by atoms with Gasteiger partial charge in [-0.2, -0.15) is 5.10 Å². The van der Waals surface area contributed by atoms with Gasteiger partial charge in [-0.3, -0.25) is 9.48 Å². The van der Waals surface area contributed by atoms with Gasteiger partial charge in [0.15, 0.2) is 0 Å². The topological polar surface area (TPSA) is 88.3 Å². The van der Waals surface area contributed by atoms with E-state index in [9.17, 15) is 14.7 Å². The highest BCUT2D eigenvalue weighted by Crippen LogP contribution is 2.42. The molecule has 0 bridgehead atoms. The summed E-state index contributed by atoms with van der Waals surface area (Å²) in [7, 11) is 0. The number of aromatic nitrogens is 3. The summed E-state index contributed by atoms with van der Waals surface area (Å²) < 4.78 is 1.59. The van der Waals surface area contributed by atoms with Gasteiger partial charge in [-0.05, 0) is 24.7 Å². The number of nitrogens with zero attached hydrogens (tertiary/aromatic N) is 4. The highest BCUT2D eigenvalue weighted by molar-refractivity contribution is 5.84. The number of rotatable bonds is 4. The Morgan fingerprint density at radius 3 is 2.90 bits per heavy atom. The SMILES string of the molecule is O=C(O)C1C2CCCC2CN1C(=O)CCn1cncn1. The number of carboxylic acid groups (broad SMARTS) is 1. The number of hydrogen-bond donors (Lipinski definition) is 1. The molecule has 1 aliphatic heterocycles. The van der Waals surface area contributed by atoms with Gasteiger partial charge in [0.2, 0.25) is 5.91 Å². The Morgan fingerprint density at radius 2 is 2.20 bits per heavy atom. The zero-order chi connectivity index (χ0) is 14.1. The number of carbonyl (C=O) groups excluding carboxylic acids is 1. The number of aliphatic carboxylic acids is 1. The van der Waals surface area contributed by atoms with Crippen LogP contribution in [-0.2, 0) is 16.1 Å². The third-order valence-corrected chi connectivity index (χ3v) is 4.49. The summed E-state index contributed by atoms with van der Waals surface area (Å²) in [6.07, 6.45) is 6.30. The normalized spacial score (nSPS) is 28.6. The van der Waals surface area contributed by atoms with Crippen molar-refractivity contribution >= 4 is 11.9 Å². The summed E-state index contributed by atoms with van der Waals surface area (Å²) in [5.74, 6) is -0.454. The van der Waals surface area contributed by atoms with Crippen molar-refractivity contribution in [3.05, 3.63) is 12.7 Å². The molecular formula is C13H18N4O3. The fraction of sp³-hybridized carbons (Fsp3) is 0.692. The summed E-state index contributed by atoms with van der Waals surface area (Å²) in [5, 5.41) is 13.4. The molecule has 0 radical (unpaired) electrons. The highest BCUT2D eigenvalue weighted by atomic mass is 16.4. The lowest BCUT2D eigenvalue weighted by molar-refractivity contribution is -0.149. The maximum Gasteiger partial charge on any atom is 0.326 e. The second-order valence-corrected chi connectivity index (χ2v) is 5.59. The van der Waals surface area contributed by atoms with Gasteiger partial charge in [-0.15, -0.1) is 0 Å². The van der Waals surface area contributed by atoms with E-state index >= 15 is 0 Å². The Bertz CT molecular complexity index is 502. The van der Waals surface area contributed by atoms with Crippen molar-refractivity contribution in [1.29, 1.82) is 0 Å². The Morgan fingerprint density at radius 1 is 1.35 bits per heavy atom. The van der Waals surface area contributed by atoms with Crippen molar-refractivity contribution in [2.45, 2.75) is 38.3 Å². The van der Waals surface area contributed by atoms with Gasteiger partial charge >= 0.3 is 5.97 Å². The second-order valence-electron chi connectivity index (χ2n) is 5.59. The van der Waals surface area contributed by atoms with Crippen LogP contribution in [0.2, 0.25) is 0 Å². The van der Waals surface area contributed by atoms with Crippen molar-refractivity contribution in [1.82, 2.24) is 19.7 Å². The maximum atomic E-state index is 12.3. The molecule has 2 fully saturated rings. The summed E-state index contributed by atoms with van der Waals surface area (Å²) in [6.45, 7) is 1.04. The summed E-state index contributed by atoms with van der Waals surface area (Å²) in [5.41, 5.74) is 0. The number of amides is 1. The van der Waals surface area contributed by atoms with E-state index in [0.29, 0.717) is 19.0 Å². The largest absolute Gasteiger partial charge is 0.480 e. The monoisotopic (exact) mass is 278 g/mol. The van der Waals surface area contributed by atoms with Gasteiger partial charge in [0.05, 0.1) is 6.54 Å². The predicted molar refractivity (Wildman–Crippen MR) is 68.6 cm³/mol. The highest BCUT2D eigenvalue weighted by Gasteiger charge is 2.49. The smallest absolute Gasteiger partial charge is 0.326 e. The van der Waals surface area contributed by atoms with Crippen LogP contribution in [0.15, 0.2) is 12.7 Å². The van der Waals surface area contributed by atoms with Crippen LogP contribution in [0.25, 0.3) is 0 Å². The zero-order valence-corrected chi connectivity index (χ0v) is 11.2. The quantitative estimate of drug-likeness (QED) is 0.860. The number of likely N-dealkylation sites (tertiary alicyclic amines) is 1. The van der Waals surface area contributed by atoms with Crippen LogP contribution in [0, 0.1) is 11.8 Å². The maximum absolute atomic E-state index is 12.3. The minimum Gasteiger partial charge on any atom is -0.480 e. The molecule has 1 aromatic heterocycles. The van der Waals surface area contributed by atoms with Crippen LogP contribution in [0.1, 0.15) is 25.7 Å². The molecule has 3 rings (SSSR count). The first-order valence-corrected chi connectivity index (χ1v) is 7.01. The Balaban J connectivity index is 1.65. The molecule has 1 aliphatic carbocycles. The van der Waals surface area contributed by atoms with E-state index in [2.05, 4.69) is 10.1 Å². The number of carboxylic acids is 1. The third kappa shape index (κ3) is 2.28. The molecule has 108 valence electrons. The van der Waals surface area contributed by atoms with Crippen LogP contribution in [0.4, 0.5) is 0 Å². The molecule has 1 N–H and O–H groups in total. The molecule has 1 saturated heterocycles. The zero-order valence-electron chi connectivity index (χ0n) is 11.2. The van der Waals surface area contributed by atoms with Crippen LogP contribution in [0.5, 0.6) is 0 Å². The predicted octanol–water partition coefficient (Wildman–Crippen LogP) is 0.380. The lowest BCUT2D eigenvalue weighted by atomic mass is 9.94. The van der Waals surface area contributed by atoms with E-state index in [4.69, 9.17) is 0 Å². The molecule has 3 atom stereocenters. The number of carbonyl (C=O) groups is 2. The van der Waals surface area contributed by atoms with Gasteiger partial charge in [0, 0.05) is 13.0 Å². The molecule has 1 saturated carbocycles. The average Bonchev–Trinajstić information content (AvgIpc) is 3.10. The van der Waals surface area contributed by atoms with Gasteiger partial charge in [-0.25, -0.2) is 9.78 Å². The molecule has 0 spiro atoms. The van der Waals surface area contributed by atoms with E-state index in [-0.39, 0.29) is 18.2 Å². The van der Waals surface area contributed by atoms with Gasteiger partial charge in [0.25, 0.3) is 0 Å². The number of hydrogen-bond acceptors (Lipinski definition) is 4. The molecule has 2 aliphatic rings. The fourth-order valence-corrected chi connectivity index (χ4v) is 3.58. The van der Waals surface area contributed by atoms with E-state index < -0.39 is 12.0 Å². The lowest BCUT2D eigenvalue weighted by Crippen LogP contribution is -2.43. The van der Waals surface area contributed by atoms with Crippen molar-refractivity contribution in [3.63, 3.8) is 0 Å². The van der Waals surface area contributed by atoms with E-state index in [1.807, 2.05) is 0 Å². The average molecular weight is 278 g/mol. The van der Waals surface area contributed by atoms with Crippen LogP contribution < -0.4 is 0 Å². The molecule has 0 aromatic carbocycles. The van der Waals surface area contributed by atoms with E-state index in [1.165, 1.54) is 6.33 Å². The molecule has 3 unspecified atom stereocenters. The summed E-state index contributed by atoms with van der Waals surface area (Å²) >= 11 is 0. The first-order valence-electron chi connectivity index (χ1n) is 7.01.